The van der Waals surface area contributed by atoms with E-state index in [9.17, 15) is 5.11 Å². The summed E-state index contributed by atoms with van der Waals surface area (Å²) in [5.74, 6) is 0.762. The van der Waals surface area contributed by atoms with Crippen LogP contribution in [0.5, 0.6) is 5.88 Å². The lowest BCUT2D eigenvalue weighted by Gasteiger charge is -2.21. The Bertz CT molecular complexity index is 1770. The van der Waals surface area contributed by atoms with Crippen LogP contribution < -0.4 is 5.32 Å². The van der Waals surface area contributed by atoms with Crippen LogP contribution in [0.3, 0.4) is 0 Å². The predicted octanol–water partition coefficient (Wildman–Crippen LogP) is 5.60. The molecule has 0 spiro atoms. The van der Waals surface area contributed by atoms with E-state index in [1.54, 1.807) is 18.5 Å². The lowest BCUT2D eigenvalue weighted by molar-refractivity contribution is 0.463. The number of anilines is 2. The van der Waals surface area contributed by atoms with Crippen LogP contribution in [0.2, 0.25) is 0 Å². The molecule has 0 radical (unpaired) electrons. The third kappa shape index (κ3) is 2.76. The van der Waals surface area contributed by atoms with Gasteiger partial charge in [0.2, 0.25) is 5.95 Å². The Morgan fingerprint density at radius 3 is 2.71 bits per heavy atom. The lowest BCUT2D eigenvalue weighted by atomic mass is 9.85. The molecule has 0 saturated heterocycles. The Labute approximate surface area is 201 Å². The van der Waals surface area contributed by atoms with E-state index in [4.69, 9.17) is 5.10 Å². The summed E-state index contributed by atoms with van der Waals surface area (Å²) in [6.07, 6.45) is 9.22. The van der Waals surface area contributed by atoms with Gasteiger partial charge in [-0.2, -0.15) is 5.10 Å². The number of nitrogens with one attached hydrogen (secondary N) is 2. The minimum absolute atomic E-state index is 0.201. The van der Waals surface area contributed by atoms with Crippen molar-refractivity contribution in [1.82, 2.24) is 29.3 Å². The summed E-state index contributed by atoms with van der Waals surface area (Å²) >= 11 is 0. The quantitative estimate of drug-likeness (QED) is 0.318. The molecule has 7 rings (SSSR count). The van der Waals surface area contributed by atoms with Gasteiger partial charge in [0.1, 0.15) is 0 Å². The highest BCUT2D eigenvalue weighted by molar-refractivity contribution is 6.26. The van der Waals surface area contributed by atoms with Gasteiger partial charge in [0.05, 0.1) is 16.6 Å². The molecule has 0 fully saturated rings. The molecule has 4 heterocycles. The van der Waals surface area contributed by atoms with Gasteiger partial charge in [-0.25, -0.2) is 9.97 Å². The van der Waals surface area contributed by atoms with Crippen molar-refractivity contribution in [2.75, 3.05) is 5.32 Å². The summed E-state index contributed by atoms with van der Waals surface area (Å²) in [5.41, 5.74) is 7.89. The highest BCUT2D eigenvalue weighted by Gasteiger charge is 2.30. The van der Waals surface area contributed by atoms with E-state index in [-0.39, 0.29) is 11.9 Å². The Hall–Kier alpha value is -4.33. The Balaban J connectivity index is 1.62. The fraction of sp³-hybridized carbons (Fsp3) is 0.222. The second-order valence-electron chi connectivity index (χ2n) is 9.56. The normalized spacial score (nSPS) is 13.1. The maximum Gasteiger partial charge on any atom is 0.227 e. The fourth-order valence-corrected chi connectivity index (χ4v) is 5.83. The zero-order valence-corrected chi connectivity index (χ0v) is 19.8. The molecule has 0 atom stereocenters. The van der Waals surface area contributed by atoms with Crippen LogP contribution in [0.1, 0.15) is 31.1 Å². The van der Waals surface area contributed by atoms with Gasteiger partial charge in [0.15, 0.2) is 5.88 Å². The predicted molar refractivity (Wildman–Crippen MR) is 138 cm³/mol. The van der Waals surface area contributed by atoms with E-state index >= 15 is 0 Å². The highest BCUT2D eigenvalue weighted by Crippen LogP contribution is 2.49. The average Bonchev–Trinajstić information content (AvgIpc) is 3.51. The smallest absolute Gasteiger partial charge is 0.227 e. The number of H-pyrrole nitrogens is 1. The first kappa shape index (κ1) is 20.1. The van der Waals surface area contributed by atoms with E-state index in [1.807, 2.05) is 17.9 Å². The van der Waals surface area contributed by atoms with Gasteiger partial charge in [0, 0.05) is 76.4 Å². The van der Waals surface area contributed by atoms with Crippen LogP contribution in [-0.4, -0.2) is 34.4 Å². The van der Waals surface area contributed by atoms with Crippen molar-refractivity contribution in [2.24, 2.45) is 7.05 Å². The summed E-state index contributed by atoms with van der Waals surface area (Å²) in [4.78, 5) is 11.7. The molecule has 8 heteroatoms. The minimum atomic E-state index is 0.201. The Morgan fingerprint density at radius 2 is 1.91 bits per heavy atom. The van der Waals surface area contributed by atoms with Gasteiger partial charge in [-0.3, -0.25) is 4.68 Å². The molecule has 2 aromatic carbocycles. The molecular formula is C27H25N7O. The number of hydrogen-bond acceptors (Lipinski definition) is 5. The van der Waals surface area contributed by atoms with Crippen LogP contribution >= 0.6 is 0 Å². The molecule has 1 aliphatic carbocycles. The van der Waals surface area contributed by atoms with Crippen LogP contribution in [0, 0.1) is 0 Å². The summed E-state index contributed by atoms with van der Waals surface area (Å²) in [7, 11) is 1.96. The number of aryl methyl sites for hydroxylation is 3. The monoisotopic (exact) mass is 463 g/mol. The maximum atomic E-state index is 11.0. The fourth-order valence-electron chi connectivity index (χ4n) is 5.83. The second-order valence-corrected chi connectivity index (χ2v) is 9.56. The lowest BCUT2D eigenvalue weighted by Crippen LogP contribution is -2.08. The molecule has 0 aliphatic heterocycles. The molecule has 0 amide bonds. The van der Waals surface area contributed by atoms with Gasteiger partial charge in [-0.1, -0.05) is 0 Å². The molecule has 174 valence electrons. The van der Waals surface area contributed by atoms with Crippen molar-refractivity contribution < 1.29 is 5.11 Å². The van der Waals surface area contributed by atoms with Gasteiger partial charge in [-0.05, 0) is 56.5 Å². The van der Waals surface area contributed by atoms with Crippen LogP contribution in [-0.2, 0) is 19.9 Å². The van der Waals surface area contributed by atoms with Crippen LogP contribution in [0.15, 0.2) is 49.1 Å². The summed E-state index contributed by atoms with van der Waals surface area (Å²) in [6, 6.07) is 8.48. The van der Waals surface area contributed by atoms with Gasteiger partial charge < -0.3 is 20.0 Å². The zero-order valence-electron chi connectivity index (χ0n) is 19.8. The van der Waals surface area contributed by atoms with E-state index in [2.05, 4.69) is 63.1 Å². The standard InChI is InChI=1S/C27H25N7O/c1-14(2)34-21-8-5-15(31-27-28-9-4-10-29-27)11-17(21)23-18-12-30-26(35)24(18)22-16(25(23)34)6-7-20-19(22)13-33(3)32-20/h4-5,8-14,30,35H,6-7H2,1-3H3,(H,28,29,31). The van der Waals surface area contributed by atoms with Crippen molar-refractivity contribution in [3.8, 4) is 17.0 Å². The van der Waals surface area contributed by atoms with Crippen LogP contribution in [0.4, 0.5) is 11.6 Å². The Kier molecular flexibility index (Phi) is 4.06. The van der Waals surface area contributed by atoms with E-state index < -0.39 is 0 Å². The molecule has 35 heavy (non-hydrogen) atoms. The third-order valence-corrected chi connectivity index (χ3v) is 7.09. The number of hydrogen-bond donors (Lipinski definition) is 3. The average molecular weight is 464 g/mol. The molecular weight excluding hydrogens is 438 g/mol. The number of fused-ring (bicyclic) bond motifs is 10. The maximum absolute atomic E-state index is 11.0. The minimum Gasteiger partial charge on any atom is -0.494 e. The van der Waals surface area contributed by atoms with Crippen molar-refractivity contribution in [3.63, 3.8) is 0 Å². The molecule has 0 unspecified atom stereocenters. The number of benzene rings is 2. The summed E-state index contributed by atoms with van der Waals surface area (Å²) < 4.78 is 4.32. The summed E-state index contributed by atoms with van der Waals surface area (Å²) in [5, 5.41) is 23.2. The number of aromatic hydroxyl groups is 1. The first-order chi connectivity index (χ1) is 17.0. The molecule has 1 aliphatic rings. The second kappa shape index (κ2) is 7.09. The molecule has 6 aromatic rings. The molecule has 4 aromatic heterocycles. The first-order valence-electron chi connectivity index (χ1n) is 11.9. The number of nitrogens with zero attached hydrogens (tertiary/aromatic N) is 5. The van der Waals surface area contributed by atoms with Gasteiger partial charge in [0.25, 0.3) is 0 Å². The zero-order chi connectivity index (χ0) is 23.8. The van der Waals surface area contributed by atoms with Gasteiger partial charge >= 0.3 is 0 Å². The SMILES string of the molecule is CC(C)n1c2ccc(Nc3ncccn3)cc2c2c3c[nH]c(O)c3c3c(c21)CCc1nn(C)cc1-3. The molecule has 3 N–H and O–H groups in total. The van der Waals surface area contributed by atoms with E-state index in [0.717, 1.165) is 56.9 Å². The topological polar surface area (TPSA) is 96.6 Å². The molecule has 0 saturated carbocycles. The van der Waals surface area contributed by atoms with Crippen molar-refractivity contribution in [3.05, 3.63) is 60.3 Å². The largest absolute Gasteiger partial charge is 0.494 e. The highest BCUT2D eigenvalue weighted by atomic mass is 16.3. The number of aromatic amines is 1. The summed E-state index contributed by atoms with van der Waals surface area (Å²) in [6.45, 7) is 4.46. The van der Waals surface area contributed by atoms with Crippen molar-refractivity contribution in [2.45, 2.75) is 32.7 Å². The van der Waals surface area contributed by atoms with Crippen LogP contribution in [0.25, 0.3) is 43.7 Å². The van der Waals surface area contributed by atoms with Crippen molar-refractivity contribution in [1.29, 1.82) is 0 Å². The van der Waals surface area contributed by atoms with E-state index in [0.29, 0.717) is 5.95 Å². The number of aromatic nitrogens is 6. The van der Waals surface area contributed by atoms with E-state index in [1.165, 1.54) is 16.6 Å². The Morgan fingerprint density at radius 1 is 1.09 bits per heavy atom. The number of rotatable bonds is 3. The van der Waals surface area contributed by atoms with Gasteiger partial charge in [-0.15, -0.1) is 0 Å². The first-order valence-corrected chi connectivity index (χ1v) is 11.9. The molecule has 8 nitrogen and oxygen atoms in total. The van der Waals surface area contributed by atoms with Crippen molar-refractivity contribution >= 4 is 44.2 Å². The molecule has 0 bridgehead atoms. The third-order valence-electron chi connectivity index (χ3n) is 7.09.